The van der Waals surface area contributed by atoms with E-state index >= 15 is 0 Å². The molecule has 3 rings (SSSR count). The number of aromatic nitrogens is 2. The fourth-order valence-corrected chi connectivity index (χ4v) is 2.65. The van der Waals surface area contributed by atoms with Crippen LogP contribution in [0.2, 0.25) is 0 Å². The van der Waals surface area contributed by atoms with E-state index in [-0.39, 0.29) is 30.6 Å². The van der Waals surface area contributed by atoms with Crippen molar-refractivity contribution in [2.45, 2.75) is 19.0 Å². The number of hydrogen-bond donors (Lipinski definition) is 1. The fourth-order valence-electron chi connectivity index (χ4n) is 2.65. The Morgan fingerprint density at radius 3 is 2.50 bits per heavy atom. The predicted molar refractivity (Wildman–Crippen MR) is 106 cm³/mol. The molecule has 0 spiro atoms. The average molecular weight is 482 g/mol. The lowest BCUT2D eigenvalue weighted by Gasteiger charge is -2.10. The SMILES string of the molecule is O=C(COC(=O)CCc1nc(-c2ccc(F)cc2)no1)Nc1ccc(C(F)(F)F)cc1[N+](=O)[O-]. The maximum absolute atomic E-state index is 13.0. The van der Waals surface area contributed by atoms with E-state index in [4.69, 9.17) is 9.26 Å². The van der Waals surface area contributed by atoms with Crippen molar-refractivity contribution >= 4 is 23.3 Å². The molecule has 0 aliphatic carbocycles. The molecule has 0 aliphatic heterocycles. The van der Waals surface area contributed by atoms with Gasteiger partial charge in [0, 0.05) is 18.1 Å². The highest BCUT2D eigenvalue weighted by Crippen LogP contribution is 2.34. The van der Waals surface area contributed by atoms with Gasteiger partial charge in [-0.25, -0.2) is 4.39 Å². The number of carbonyl (C=O) groups excluding carboxylic acids is 2. The monoisotopic (exact) mass is 482 g/mol. The predicted octanol–water partition coefficient (Wildman–Crippen LogP) is 3.92. The third-order valence-corrected chi connectivity index (χ3v) is 4.27. The lowest BCUT2D eigenvalue weighted by molar-refractivity contribution is -0.384. The van der Waals surface area contributed by atoms with Crippen LogP contribution in [0.3, 0.4) is 0 Å². The van der Waals surface area contributed by atoms with Crippen molar-refractivity contribution in [1.29, 1.82) is 0 Å². The van der Waals surface area contributed by atoms with Crippen molar-refractivity contribution in [3.8, 4) is 11.4 Å². The van der Waals surface area contributed by atoms with Crippen molar-refractivity contribution in [1.82, 2.24) is 10.1 Å². The number of nitrogens with one attached hydrogen (secondary N) is 1. The molecule has 0 radical (unpaired) electrons. The zero-order chi connectivity index (χ0) is 24.9. The van der Waals surface area contributed by atoms with Crippen LogP contribution >= 0.6 is 0 Å². The van der Waals surface area contributed by atoms with Crippen LogP contribution in [0.4, 0.5) is 28.9 Å². The van der Waals surface area contributed by atoms with Gasteiger partial charge in [-0.3, -0.25) is 19.7 Å². The molecule has 1 N–H and O–H groups in total. The molecular formula is C20H14F4N4O6. The third-order valence-electron chi connectivity index (χ3n) is 4.27. The molecule has 14 heteroatoms. The highest BCUT2D eigenvalue weighted by atomic mass is 19.4. The van der Waals surface area contributed by atoms with Gasteiger partial charge < -0.3 is 14.6 Å². The molecule has 34 heavy (non-hydrogen) atoms. The highest BCUT2D eigenvalue weighted by Gasteiger charge is 2.33. The van der Waals surface area contributed by atoms with Crippen LogP contribution in [0.25, 0.3) is 11.4 Å². The molecule has 0 atom stereocenters. The minimum Gasteiger partial charge on any atom is -0.456 e. The average Bonchev–Trinajstić information content (AvgIpc) is 3.25. The van der Waals surface area contributed by atoms with Gasteiger partial charge in [0.1, 0.15) is 11.5 Å². The summed E-state index contributed by atoms with van der Waals surface area (Å²) in [5, 5.41) is 16.8. The van der Waals surface area contributed by atoms with Crippen molar-refractivity contribution in [2.24, 2.45) is 0 Å². The molecule has 178 valence electrons. The zero-order valence-corrected chi connectivity index (χ0v) is 17.0. The van der Waals surface area contributed by atoms with Gasteiger partial charge in [0.05, 0.1) is 16.9 Å². The second-order valence-corrected chi connectivity index (χ2v) is 6.71. The summed E-state index contributed by atoms with van der Waals surface area (Å²) in [5.74, 6) is -2.00. The van der Waals surface area contributed by atoms with Gasteiger partial charge in [-0.2, -0.15) is 18.2 Å². The molecule has 1 amide bonds. The van der Waals surface area contributed by atoms with E-state index in [0.717, 1.165) is 6.07 Å². The van der Waals surface area contributed by atoms with E-state index in [1.54, 1.807) is 0 Å². The number of anilines is 1. The Morgan fingerprint density at radius 1 is 1.15 bits per heavy atom. The number of nitro benzene ring substituents is 1. The van der Waals surface area contributed by atoms with Crippen molar-refractivity contribution in [3.63, 3.8) is 0 Å². The maximum Gasteiger partial charge on any atom is 0.416 e. The molecule has 1 heterocycles. The first-order valence-corrected chi connectivity index (χ1v) is 9.42. The van der Waals surface area contributed by atoms with Gasteiger partial charge in [-0.1, -0.05) is 5.16 Å². The number of hydrogen-bond acceptors (Lipinski definition) is 8. The first-order chi connectivity index (χ1) is 16.0. The number of rotatable bonds is 8. The summed E-state index contributed by atoms with van der Waals surface area (Å²) in [7, 11) is 0. The molecule has 0 saturated heterocycles. The van der Waals surface area contributed by atoms with Crippen LogP contribution < -0.4 is 5.32 Å². The van der Waals surface area contributed by atoms with Crippen LogP contribution in [0.1, 0.15) is 17.9 Å². The van der Waals surface area contributed by atoms with E-state index < -0.39 is 52.3 Å². The largest absolute Gasteiger partial charge is 0.456 e. The van der Waals surface area contributed by atoms with E-state index in [0.29, 0.717) is 11.6 Å². The highest BCUT2D eigenvalue weighted by molar-refractivity contribution is 5.94. The van der Waals surface area contributed by atoms with Crippen molar-refractivity contribution in [2.75, 3.05) is 11.9 Å². The Bertz CT molecular complexity index is 1210. The van der Waals surface area contributed by atoms with Crippen LogP contribution in [0.15, 0.2) is 47.0 Å². The molecule has 0 saturated carbocycles. The number of nitro groups is 1. The molecule has 0 fully saturated rings. The van der Waals surface area contributed by atoms with Crippen molar-refractivity contribution in [3.05, 3.63) is 69.9 Å². The second kappa shape index (κ2) is 10.1. The molecule has 0 bridgehead atoms. The topological polar surface area (TPSA) is 137 Å². The summed E-state index contributed by atoms with van der Waals surface area (Å²) in [6.07, 6.45) is -5.08. The molecule has 1 aromatic heterocycles. The number of nitrogens with zero attached hydrogens (tertiary/aromatic N) is 3. The van der Waals surface area contributed by atoms with E-state index in [1.165, 1.54) is 24.3 Å². The molecular weight excluding hydrogens is 468 g/mol. The summed E-state index contributed by atoms with van der Waals surface area (Å²) < 4.78 is 60.9. The van der Waals surface area contributed by atoms with Gasteiger partial charge >= 0.3 is 12.1 Å². The smallest absolute Gasteiger partial charge is 0.416 e. The minimum atomic E-state index is -4.80. The van der Waals surface area contributed by atoms with Crippen LogP contribution in [0.5, 0.6) is 0 Å². The molecule has 3 aromatic rings. The Hall–Kier alpha value is -4.36. The lowest BCUT2D eigenvalue weighted by Crippen LogP contribution is -2.21. The number of esters is 1. The Kier molecular flexibility index (Phi) is 7.18. The molecule has 0 unspecified atom stereocenters. The van der Waals surface area contributed by atoms with Crippen LogP contribution in [-0.2, 0) is 26.9 Å². The molecule has 10 nitrogen and oxygen atoms in total. The minimum absolute atomic E-state index is 0.0287. The van der Waals surface area contributed by atoms with E-state index in [9.17, 15) is 37.3 Å². The van der Waals surface area contributed by atoms with E-state index in [2.05, 4.69) is 10.1 Å². The standard InChI is InChI=1S/C20H14F4N4O6/c21-13-4-1-11(2-5-13)19-26-17(34-27-19)7-8-18(30)33-10-16(29)25-14-6-3-12(20(22,23)24)9-15(14)28(31)32/h1-6,9H,7-8,10H2,(H,25,29). The normalized spacial score (nSPS) is 11.2. The number of ether oxygens (including phenoxy) is 1. The Morgan fingerprint density at radius 2 is 1.85 bits per heavy atom. The summed E-state index contributed by atoms with van der Waals surface area (Å²) in [6, 6.07) is 6.90. The van der Waals surface area contributed by atoms with Gasteiger partial charge in [0.25, 0.3) is 11.6 Å². The molecule has 2 aromatic carbocycles. The fraction of sp³-hybridized carbons (Fsp3) is 0.200. The van der Waals surface area contributed by atoms with Crippen LogP contribution in [-0.4, -0.2) is 33.5 Å². The third kappa shape index (κ3) is 6.34. The lowest BCUT2D eigenvalue weighted by atomic mass is 10.1. The quantitative estimate of drug-likeness (QED) is 0.221. The number of amides is 1. The Labute approximate surface area is 187 Å². The summed E-state index contributed by atoms with van der Waals surface area (Å²) in [4.78, 5) is 37.8. The number of halogens is 4. The maximum atomic E-state index is 13.0. The molecule has 0 aliphatic rings. The summed E-state index contributed by atoms with van der Waals surface area (Å²) in [5.41, 5.74) is -2.22. The second-order valence-electron chi connectivity index (χ2n) is 6.71. The first kappa shape index (κ1) is 24.3. The van der Waals surface area contributed by atoms with Crippen molar-refractivity contribution < 1.29 is 41.3 Å². The first-order valence-electron chi connectivity index (χ1n) is 9.42. The number of carbonyl (C=O) groups is 2. The van der Waals surface area contributed by atoms with Crippen LogP contribution in [0, 0.1) is 15.9 Å². The summed E-state index contributed by atoms with van der Waals surface area (Å²) >= 11 is 0. The number of aryl methyl sites for hydroxylation is 1. The van der Waals surface area contributed by atoms with E-state index in [1.807, 2.05) is 5.32 Å². The zero-order valence-electron chi connectivity index (χ0n) is 17.0. The number of benzene rings is 2. The van der Waals surface area contributed by atoms with Gasteiger partial charge in [0.15, 0.2) is 6.61 Å². The Balaban J connectivity index is 1.50. The summed E-state index contributed by atoms with van der Waals surface area (Å²) in [6.45, 7) is -0.832. The van der Waals surface area contributed by atoms with Gasteiger partial charge in [0.2, 0.25) is 11.7 Å². The van der Waals surface area contributed by atoms with Gasteiger partial charge in [-0.05, 0) is 36.4 Å². The van der Waals surface area contributed by atoms with Gasteiger partial charge in [-0.15, -0.1) is 0 Å². The number of alkyl halides is 3.